The summed E-state index contributed by atoms with van der Waals surface area (Å²) in [4.78, 5) is 2.65. The third kappa shape index (κ3) is 2.12. The molecule has 0 aromatic heterocycles. The Labute approximate surface area is 87.8 Å². The number of rotatable bonds is 2. The van der Waals surface area contributed by atoms with Gasteiger partial charge in [0.25, 0.3) is 0 Å². The summed E-state index contributed by atoms with van der Waals surface area (Å²) >= 11 is 0. The predicted molar refractivity (Wildman–Crippen MR) is 60.1 cm³/mol. The molecule has 1 aliphatic carbocycles. The van der Waals surface area contributed by atoms with Gasteiger partial charge in [-0.15, -0.1) is 0 Å². The first-order chi connectivity index (χ1) is 6.66. The minimum Gasteiger partial charge on any atom is -0.327 e. The van der Waals surface area contributed by atoms with Crippen LogP contribution < -0.4 is 5.73 Å². The molecule has 1 aliphatic heterocycles. The van der Waals surface area contributed by atoms with E-state index in [0.717, 1.165) is 17.9 Å². The average molecular weight is 196 g/mol. The van der Waals surface area contributed by atoms with Gasteiger partial charge in [0.1, 0.15) is 0 Å². The minimum absolute atomic E-state index is 0.484. The molecule has 2 nitrogen and oxygen atoms in total. The van der Waals surface area contributed by atoms with Gasteiger partial charge >= 0.3 is 0 Å². The monoisotopic (exact) mass is 196 g/mol. The van der Waals surface area contributed by atoms with Crippen LogP contribution in [0.2, 0.25) is 0 Å². The van der Waals surface area contributed by atoms with Crippen molar-refractivity contribution in [2.24, 2.45) is 17.6 Å². The van der Waals surface area contributed by atoms with Crippen molar-refractivity contribution in [1.29, 1.82) is 0 Å². The zero-order valence-corrected chi connectivity index (χ0v) is 9.58. The molecule has 14 heavy (non-hydrogen) atoms. The topological polar surface area (TPSA) is 29.3 Å². The van der Waals surface area contributed by atoms with E-state index in [1.165, 1.54) is 38.8 Å². The third-order valence-corrected chi connectivity index (χ3v) is 4.10. The molecule has 2 N–H and O–H groups in total. The summed E-state index contributed by atoms with van der Waals surface area (Å²) in [5, 5.41) is 0. The Bertz CT molecular complexity index is 193. The number of hydrogen-bond donors (Lipinski definition) is 1. The number of likely N-dealkylation sites (tertiary alicyclic amines) is 1. The molecule has 1 saturated heterocycles. The highest BCUT2D eigenvalue weighted by Gasteiger charge is 2.31. The lowest BCUT2D eigenvalue weighted by Gasteiger charge is -2.26. The van der Waals surface area contributed by atoms with E-state index in [-0.39, 0.29) is 0 Å². The molecule has 0 spiro atoms. The van der Waals surface area contributed by atoms with Crippen LogP contribution >= 0.6 is 0 Å². The highest BCUT2D eigenvalue weighted by atomic mass is 15.2. The number of nitrogens with zero attached hydrogens (tertiary/aromatic N) is 1. The molecular formula is C12H24N2. The lowest BCUT2D eigenvalue weighted by molar-refractivity contribution is 0.215. The van der Waals surface area contributed by atoms with E-state index < -0.39 is 0 Å². The lowest BCUT2D eigenvalue weighted by Crippen LogP contribution is -2.38. The van der Waals surface area contributed by atoms with E-state index in [1.807, 2.05) is 0 Å². The molecule has 2 rings (SSSR count). The largest absolute Gasteiger partial charge is 0.327 e. The Hall–Kier alpha value is -0.0800. The number of nitrogens with two attached hydrogens (primary N) is 1. The second-order valence-corrected chi connectivity index (χ2v) is 5.50. The molecule has 2 heteroatoms. The van der Waals surface area contributed by atoms with Crippen molar-refractivity contribution in [3.05, 3.63) is 0 Å². The SMILES string of the molecule is CC1CC(C)N(CC2CCCC2N)C1. The summed E-state index contributed by atoms with van der Waals surface area (Å²) in [7, 11) is 0. The summed E-state index contributed by atoms with van der Waals surface area (Å²) in [5.74, 6) is 1.67. The molecular weight excluding hydrogens is 172 g/mol. The van der Waals surface area contributed by atoms with Gasteiger partial charge < -0.3 is 10.6 Å². The van der Waals surface area contributed by atoms with Crippen molar-refractivity contribution in [2.45, 2.75) is 51.6 Å². The van der Waals surface area contributed by atoms with Gasteiger partial charge in [0, 0.05) is 25.2 Å². The van der Waals surface area contributed by atoms with Gasteiger partial charge in [0.2, 0.25) is 0 Å². The van der Waals surface area contributed by atoms with E-state index in [9.17, 15) is 0 Å². The van der Waals surface area contributed by atoms with Gasteiger partial charge in [0.05, 0.1) is 0 Å². The molecule has 1 saturated carbocycles. The van der Waals surface area contributed by atoms with Crippen molar-refractivity contribution < 1.29 is 0 Å². The molecule has 2 aliphatic rings. The van der Waals surface area contributed by atoms with Crippen LogP contribution in [-0.2, 0) is 0 Å². The Morgan fingerprint density at radius 3 is 2.57 bits per heavy atom. The lowest BCUT2D eigenvalue weighted by atomic mass is 10.0. The van der Waals surface area contributed by atoms with Crippen LogP contribution in [0, 0.1) is 11.8 Å². The predicted octanol–water partition coefficient (Wildman–Crippen LogP) is 1.84. The van der Waals surface area contributed by atoms with Gasteiger partial charge in [-0.05, 0) is 38.0 Å². The molecule has 4 unspecified atom stereocenters. The highest BCUT2D eigenvalue weighted by molar-refractivity contribution is 4.87. The zero-order valence-electron chi connectivity index (χ0n) is 9.58. The van der Waals surface area contributed by atoms with E-state index in [1.54, 1.807) is 0 Å². The van der Waals surface area contributed by atoms with Crippen LogP contribution in [0.3, 0.4) is 0 Å². The van der Waals surface area contributed by atoms with Gasteiger partial charge in [-0.25, -0.2) is 0 Å². The second kappa shape index (κ2) is 4.19. The summed E-state index contributed by atoms with van der Waals surface area (Å²) < 4.78 is 0. The van der Waals surface area contributed by atoms with E-state index in [4.69, 9.17) is 5.73 Å². The first-order valence-electron chi connectivity index (χ1n) is 6.16. The van der Waals surface area contributed by atoms with Crippen molar-refractivity contribution in [2.75, 3.05) is 13.1 Å². The minimum atomic E-state index is 0.484. The average Bonchev–Trinajstić information content (AvgIpc) is 2.62. The van der Waals surface area contributed by atoms with Crippen LogP contribution in [0.5, 0.6) is 0 Å². The van der Waals surface area contributed by atoms with Crippen LogP contribution in [0.25, 0.3) is 0 Å². The van der Waals surface area contributed by atoms with Crippen molar-refractivity contribution in [1.82, 2.24) is 4.90 Å². The quantitative estimate of drug-likeness (QED) is 0.730. The normalized spacial score (nSPS) is 44.8. The first kappa shape index (κ1) is 10.4. The molecule has 0 aromatic rings. The summed E-state index contributed by atoms with van der Waals surface area (Å²) in [6.07, 6.45) is 5.34. The van der Waals surface area contributed by atoms with Gasteiger partial charge in [0.15, 0.2) is 0 Å². The molecule has 0 amide bonds. The van der Waals surface area contributed by atoms with Crippen LogP contribution in [0.15, 0.2) is 0 Å². The summed E-state index contributed by atoms with van der Waals surface area (Å²) in [6.45, 7) is 7.28. The van der Waals surface area contributed by atoms with Crippen LogP contribution in [0.1, 0.15) is 39.5 Å². The molecule has 4 atom stereocenters. The van der Waals surface area contributed by atoms with Crippen LogP contribution in [0.4, 0.5) is 0 Å². The fourth-order valence-corrected chi connectivity index (χ4v) is 3.23. The van der Waals surface area contributed by atoms with Crippen molar-refractivity contribution >= 4 is 0 Å². The van der Waals surface area contributed by atoms with Gasteiger partial charge in [-0.3, -0.25) is 0 Å². The maximum Gasteiger partial charge on any atom is 0.00793 e. The van der Waals surface area contributed by atoms with E-state index in [2.05, 4.69) is 18.7 Å². The van der Waals surface area contributed by atoms with Crippen LogP contribution in [-0.4, -0.2) is 30.1 Å². The van der Waals surface area contributed by atoms with Gasteiger partial charge in [-0.2, -0.15) is 0 Å². The molecule has 0 aromatic carbocycles. The van der Waals surface area contributed by atoms with E-state index in [0.29, 0.717) is 6.04 Å². The summed E-state index contributed by atoms with van der Waals surface area (Å²) in [5.41, 5.74) is 6.11. The highest BCUT2D eigenvalue weighted by Crippen LogP contribution is 2.29. The maximum absolute atomic E-state index is 6.11. The summed E-state index contributed by atoms with van der Waals surface area (Å²) in [6, 6.07) is 1.27. The van der Waals surface area contributed by atoms with E-state index >= 15 is 0 Å². The molecule has 1 heterocycles. The second-order valence-electron chi connectivity index (χ2n) is 5.50. The maximum atomic E-state index is 6.11. The molecule has 82 valence electrons. The zero-order chi connectivity index (χ0) is 10.1. The Balaban J connectivity index is 1.85. The molecule has 2 fully saturated rings. The third-order valence-electron chi connectivity index (χ3n) is 4.10. The molecule has 0 bridgehead atoms. The molecule has 0 radical (unpaired) electrons. The standard InChI is InChI=1S/C12H24N2/c1-9-6-10(2)14(7-9)8-11-4-3-5-12(11)13/h9-12H,3-8,13H2,1-2H3. The van der Waals surface area contributed by atoms with Crippen molar-refractivity contribution in [3.8, 4) is 0 Å². The fraction of sp³-hybridized carbons (Fsp3) is 1.00. The fourth-order valence-electron chi connectivity index (χ4n) is 3.23. The smallest absolute Gasteiger partial charge is 0.00793 e. The van der Waals surface area contributed by atoms with Gasteiger partial charge in [-0.1, -0.05) is 13.3 Å². The first-order valence-corrected chi connectivity index (χ1v) is 6.16. The number of hydrogen-bond acceptors (Lipinski definition) is 2. The Morgan fingerprint density at radius 1 is 1.29 bits per heavy atom. The van der Waals surface area contributed by atoms with Crippen molar-refractivity contribution in [3.63, 3.8) is 0 Å². The Morgan fingerprint density at radius 2 is 2.07 bits per heavy atom. The Kier molecular flexibility index (Phi) is 3.13.